The fraction of sp³-hybridized carbons (Fsp3) is 0.833. The second kappa shape index (κ2) is 6.06. The Kier molecular flexibility index (Phi) is 7.01. The summed E-state index contributed by atoms with van der Waals surface area (Å²) in [5, 5.41) is 8.38. The molecule has 0 saturated carbocycles. The van der Waals surface area contributed by atoms with Crippen molar-refractivity contribution in [2.75, 3.05) is 6.54 Å². The van der Waals surface area contributed by atoms with Crippen LogP contribution in [0.4, 0.5) is 8.78 Å². The van der Waals surface area contributed by atoms with Gasteiger partial charge in [0, 0.05) is 0 Å². The number of hydrogen-bond acceptors (Lipinski definition) is 3. The molecule has 7 heteroatoms. The van der Waals surface area contributed by atoms with Gasteiger partial charge in [-0.15, -0.1) is 12.4 Å². The van der Waals surface area contributed by atoms with E-state index in [2.05, 4.69) is 0 Å². The maximum atomic E-state index is 12.1. The lowest BCUT2D eigenvalue weighted by atomic mass is 9.95. The highest BCUT2D eigenvalue weighted by Crippen LogP contribution is 2.18. The molecular weight excluding hydrogens is 206 g/mol. The van der Waals surface area contributed by atoms with Gasteiger partial charge in [0.1, 0.15) is 0 Å². The van der Waals surface area contributed by atoms with E-state index in [-0.39, 0.29) is 31.8 Å². The fourth-order valence-corrected chi connectivity index (χ4v) is 0.704. The first kappa shape index (κ1) is 15.0. The van der Waals surface area contributed by atoms with Crippen molar-refractivity contribution in [1.29, 1.82) is 0 Å². The molecule has 0 aliphatic carbocycles. The highest BCUT2D eigenvalue weighted by Gasteiger charge is 2.42. The summed E-state index contributed by atoms with van der Waals surface area (Å²) in [7, 11) is 0. The van der Waals surface area contributed by atoms with Gasteiger partial charge in [0.15, 0.2) is 5.54 Å². The Balaban J connectivity index is 0. The van der Waals surface area contributed by atoms with Gasteiger partial charge in [-0.05, 0) is 19.4 Å². The smallest absolute Gasteiger partial charge is 0.329 e. The Morgan fingerprint density at radius 3 is 2.23 bits per heavy atom. The van der Waals surface area contributed by atoms with Gasteiger partial charge < -0.3 is 16.6 Å². The maximum absolute atomic E-state index is 12.1. The largest absolute Gasteiger partial charge is 0.480 e. The van der Waals surface area contributed by atoms with Crippen LogP contribution in [0.2, 0.25) is 0 Å². The van der Waals surface area contributed by atoms with Crippen LogP contribution in [0.3, 0.4) is 0 Å². The molecule has 0 aliphatic heterocycles. The number of nitrogens with two attached hydrogens (primary N) is 2. The lowest BCUT2D eigenvalue weighted by molar-refractivity contribution is -0.150. The van der Waals surface area contributed by atoms with Crippen molar-refractivity contribution in [2.45, 2.75) is 24.8 Å². The summed E-state index contributed by atoms with van der Waals surface area (Å²) in [5.74, 6) is -1.69. The van der Waals surface area contributed by atoms with E-state index in [0.717, 1.165) is 0 Å². The molecule has 0 rings (SSSR count). The second-order valence-electron chi connectivity index (χ2n) is 2.54. The van der Waals surface area contributed by atoms with Gasteiger partial charge in [0.05, 0.1) is 0 Å². The van der Waals surface area contributed by atoms with Gasteiger partial charge in [-0.25, -0.2) is 13.6 Å². The van der Waals surface area contributed by atoms with Gasteiger partial charge in [-0.1, -0.05) is 0 Å². The Morgan fingerprint density at radius 2 is 2.00 bits per heavy atom. The van der Waals surface area contributed by atoms with Crippen LogP contribution >= 0.6 is 12.4 Å². The quantitative estimate of drug-likeness (QED) is 0.615. The molecule has 80 valence electrons. The van der Waals surface area contributed by atoms with Crippen LogP contribution < -0.4 is 11.5 Å². The zero-order chi connectivity index (χ0) is 9.78. The molecule has 13 heavy (non-hydrogen) atoms. The van der Waals surface area contributed by atoms with Crippen LogP contribution in [0.1, 0.15) is 12.8 Å². The van der Waals surface area contributed by atoms with E-state index in [1.807, 2.05) is 0 Å². The van der Waals surface area contributed by atoms with Gasteiger partial charge in [-0.2, -0.15) is 0 Å². The molecule has 0 spiro atoms. The minimum Gasteiger partial charge on any atom is -0.480 e. The summed E-state index contributed by atoms with van der Waals surface area (Å²) in [6.45, 7) is 0.152. The molecule has 0 heterocycles. The summed E-state index contributed by atoms with van der Waals surface area (Å²) >= 11 is 0. The van der Waals surface area contributed by atoms with E-state index in [1.165, 1.54) is 0 Å². The van der Waals surface area contributed by atoms with E-state index < -0.39 is 17.9 Å². The Labute approximate surface area is 80.7 Å². The van der Waals surface area contributed by atoms with Crippen molar-refractivity contribution in [3.05, 3.63) is 0 Å². The molecule has 0 bridgehead atoms. The number of alkyl halides is 2. The van der Waals surface area contributed by atoms with Crippen LogP contribution in [0.15, 0.2) is 0 Å². The SMILES string of the molecule is Cl.NCCC[C@](N)(C(=O)O)C(F)F. The first-order valence-corrected chi connectivity index (χ1v) is 3.45. The van der Waals surface area contributed by atoms with Gasteiger partial charge in [-0.3, -0.25) is 0 Å². The summed E-state index contributed by atoms with van der Waals surface area (Å²) < 4.78 is 24.2. The van der Waals surface area contributed by atoms with Crippen molar-refractivity contribution in [1.82, 2.24) is 0 Å². The number of carboxylic acids is 1. The maximum Gasteiger partial charge on any atom is 0.329 e. The lowest BCUT2D eigenvalue weighted by Crippen LogP contribution is -2.54. The standard InChI is InChI=1S/C6H12F2N2O2.ClH/c7-4(8)6(10,5(11)12)2-1-3-9;/h4H,1-3,9-10H2,(H,11,12);1H/t6-;/m1./s1. The summed E-state index contributed by atoms with van der Waals surface area (Å²) in [4.78, 5) is 10.3. The molecule has 0 unspecified atom stereocenters. The number of carboxylic acid groups (broad SMARTS) is 1. The number of hydrogen-bond donors (Lipinski definition) is 3. The molecular formula is C6H13ClF2N2O2. The predicted octanol–water partition coefficient (Wildman–Crippen LogP) is 0.194. The van der Waals surface area contributed by atoms with Crippen LogP contribution in [-0.2, 0) is 4.79 Å². The zero-order valence-corrected chi connectivity index (χ0v) is 7.69. The fourth-order valence-electron chi connectivity index (χ4n) is 0.704. The van der Waals surface area contributed by atoms with E-state index in [1.54, 1.807) is 0 Å². The Bertz CT molecular complexity index is 171. The minimum atomic E-state index is -3.07. The number of carbonyl (C=O) groups is 1. The molecule has 0 fully saturated rings. The molecule has 0 aromatic carbocycles. The van der Waals surface area contributed by atoms with Crippen molar-refractivity contribution in [3.8, 4) is 0 Å². The summed E-state index contributed by atoms with van der Waals surface area (Å²) in [6, 6.07) is 0. The van der Waals surface area contributed by atoms with Crippen molar-refractivity contribution >= 4 is 18.4 Å². The predicted molar refractivity (Wildman–Crippen MR) is 46.1 cm³/mol. The van der Waals surface area contributed by atoms with E-state index in [4.69, 9.17) is 16.6 Å². The zero-order valence-electron chi connectivity index (χ0n) is 6.87. The molecule has 0 saturated heterocycles. The molecule has 0 amide bonds. The van der Waals surface area contributed by atoms with Crippen molar-refractivity contribution < 1.29 is 18.7 Å². The third-order valence-corrected chi connectivity index (χ3v) is 1.58. The lowest BCUT2D eigenvalue weighted by Gasteiger charge is -2.22. The minimum absolute atomic E-state index is 0. The molecule has 0 aliphatic rings. The highest BCUT2D eigenvalue weighted by molar-refractivity contribution is 5.85. The topological polar surface area (TPSA) is 89.3 Å². The summed E-state index contributed by atoms with van der Waals surface area (Å²) in [5.41, 5.74) is 7.56. The van der Waals surface area contributed by atoms with Crippen LogP contribution in [0.25, 0.3) is 0 Å². The number of aliphatic carboxylic acids is 1. The third-order valence-electron chi connectivity index (χ3n) is 1.58. The van der Waals surface area contributed by atoms with E-state index in [0.29, 0.717) is 0 Å². The normalized spacial score (nSPS) is 14.8. The molecule has 5 N–H and O–H groups in total. The van der Waals surface area contributed by atoms with Crippen LogP contribution in [0.5, 0.6) is 0 Å². The van der Waals surface area contributed by atoms with Crippen LogP contribution in [-0.4, -0.2) is 29.6 Å². The average molecular weight is 219 g/mol. The molecule has 1 atom stereocenters. The van der Waals surface area contributed by atoms with Crippen molar-refractivity contribution in [3.63, 3.8) is 0 Å². The molecule has 0 aromatic heterocycles. The van der Waals surface area contributed by atoms with Gasteiger partial charge >= 0.3 is 5.97 Å². The summed E-state index contributed by atoms with van der Waals surface area (Å²) in [6.07, 6.45) is -3.20. The van der Waals surface area contributed by atoms with Gasteiger partial charge in [0.2, 0.25) is 0 Å². The molecule has 0 aromatic rings. The second-order valence-corrected chi connectivity index (χ2v) is 2.54. The number of rotatable bonds is 5. The first-order chi connectivity index (χ1) is 5.45. The Morgan fingerprint density at radius 1 is 1.54 bits per heavy atom. The van der Waals surface area contributed by atoms with E-state index in [9.17, 15) is 13.6 Å². The first-order valence-electron chi connectivity index (χ1n) is 3.45. The average Bonchev–Trinajstić information content (AvgIpc) is 1.99. The number of halogens is 3. The van der Waals surface area contributed by atoms with Crippen LogP contribution in [0, 0.1) is 0 Å². The van der Waals surface area contributed by atoms with Crippen molar-refractivity contribution in [2.24, 2.45) is 11.5 Å². The van der Waals surface area contributed by atoms with E-state index >= 15 is 0 Å². The molecule has 0 radical (unpaired) electrons. The van der Waals surface area contributed by atoms with Gasteiger partial charge in [0.25, 0.3) is 6.43 Å². The molecule has 4 nitrogen and oxygen atoms in total. The highest BCUT2D eigenvalue weighted by atomic mass is 35.5. The monoisotopic (exact) mass is 218 g/mol. The third kappa shape index (κ3) is 3.84. The Hall–Kier alpha value is -0.460.